The summed E-state index contributed by atoms with van der Waals surface area (Å²) in [5.41, 5.74) is 6.67. The maximum absolute atomic E-state index is 5.55. The zero-order valence-corrected chi connectivity index (χ0v) is 9.70. The molecule has 2 N–H and O–H groups in total. The van der Waals surface area contributed by atoms with Crippen LogP contribution in [-0.2, 0) is 6.54 Å². The van der Waals surface area contributed by atoms with Gasteiger partial charge in [0, 0.05) is 37.4 Å². The van der Waals surface area contributed by atoms with Gasteiger partial charge in [-0.05, 0) is 6.54 Å². The molecule has 2 aromatic rings. The fourth-order valence-corrected chi connectivity index (χ4v) is 2.33. The average Bonchev–Trinajstić information content (AvgIpc) is 2.77. The summed E-state index contributed by atoms with van der Waals surface area (Å²) in [7, 11) is 0. The van der Waals surface area contributed by atoms with E-state index in [-0.39, 0.29) is 0 Å². The third-order valence-corrected chi connectivity index (χ3v) is 3.19. The summed E-state index contributed by atoms with van der Waals surface area (Å²) in [6, 6.07) is 0. The summed E-state index contributed by atoms with van der Waals surface area (Å²) in [5.74, 6) is 0. The molecule has 0 radical (unpaired) electrons. The van der Waals surface area contributed by atoms with E-state index in [9.17, 15) is 0 Å². The number of aromatic nitrogens is 2. The van der Waals surface area contributed by atoms with Crippen molar-refractivity contribution < 1.29 is 0 Å². The van der Waals surface area contributed by atoms with E-state index in [0.717, 1.165) is 30.3 Å². The molecule has 0 fully saturated rings. The van der Waals surface area contributed by atoms with Gasteiger partial charge in [-0.1, -0.05) is 6.92 Å². The Morgan fingerprint density at radius 2 is 2.47 bits per heavy atom. The largest absolute Gasteiger partial charge is 0.329 e. The molecule has 0 bridgehead atoms. The van der Waals surface area contributed by atoms with E-state index in [1.807, 2.05) is 11.6 Å². The Bertz CT molecular complexity index is 391. The minimum Gasteiger partial charge on any atom is -0.329 e. The molecule has 0 aromatic carbocycles. The Hall–Kier alpha value is -0.910. The van der Waals surface area contributed by atoms with Crippen molar-refractivity contribution in [3.63, 3.8) is 0 Å². The molecule has 5 heteroatoms. The third kappa shape index (κ3) is 2.37. The van der Waals surface area contributed by atoms with Gasteiger partial charge in [-0.2, -0.15) is 0 Å². The second-order valence-corrected chi connectivity index (χ2v) is 4.36. The van der Waals surface area contributed by atoms with E-state index in [2.05, 4.69) is 27.4 Å². The zero-order chi connectivity index (χ0) is 10.7. The molecule has 4 nitrogen and oxygen atoms in total. The summed E-state index contributed by atoms with van der Waals surface area (Å²) < 4.78 is 2.07. The van der Waals surface area contributed by atoms with Gasteiger partial charge in [-0.3, -0.25) is 9.30 Å². The highest BCUT2D eigenvalue weighted by Crippen LogP contribution is 2.12. The van der Waals surface area contributed by atoms with E-state index in [0.29, 0.717) is 6.54 Å². The Balaban J connectivity index is 2.07. The molecule has 82 valence electrons. The second kappa shape index (κ2) is 4.74. The molecule has 0 aliphatic carbocycles. The van der Waals surface area contributed by atoms with Crippen LogP contribution in [0.3, 0.4) is 0 Å². The molecule has 2 rings (SSSR count). The molecule has 0 amide bonds. The van der Waals surface area contributed by atoms with Crippen molar-refractivity contribution >= 4 is 16.3 Å². The fraction of sp³-hybridized carbons (Fsp3) is 0.500. The molecule has 0 aliphatic rings. The van der Waals surface area contributed by atoms with E-state index in [4.69, 9.17) is 5.73 Å². The summed E-state index contributed by atoms with van der Waals surface area (Å²) in [6.07, 6.45) is 4.13. The predicted octanol–water partition coefficient (Wildman–Crippen LogP) is 1.18. The number of rotatable bonds is 5. The van der Waals surface area contributed by atoms with E-state index < -0.39 is 0 Å². The molecule has 2 aromatic heterocycles. The summed E-state index contributed by atoms with van der Waals surface area (Å²) in [4.78, 5) is 7.90. The van der Waals surface area contributed by atoms with Crippen LogP contribution in [-0.4, -0.2) is 33.9 Å². The van der Waals surface area contributed by atoms with Crippen molar-refractivity contribution in [2.45, 2.75) is 13.5 Å². The van der Waals surface area contributed by atoms with Gasteiger partial charge in [0.2, 0.25) is 0 Å². The van der Waals surface area contributed by atoms with Gasteiger partial charge in [-0.15, -0.1) is 11.3 Å². The average molecular weight is 224 g/mol. The topological polar surface area (TPSA) is 46.6 Å². The molecule has 0 saturated carbocycles. The highest BCUT2D eigenvalue weighted by atomic mass is 32.1. The highest BCUT2D eigenvalue weighted by molar-refractivity contribution is 7.15. The third-order valence-electron chi connectivity index (χ3n) is 2.42. The molecule has 0 spiro atoms. The van der Waals surface area contributed by atoms with Gasteiger partial charge >= 0.3 is 0 Å². The highest BCUT2D eigenvalue weighted by Gasteiger charge is 2.06. The monoisotopic (exact) mass is 224 g/mol. The van der Waals surface area contributed by atoms with E-state index in [1.54, 1.807) is 11.3 Å². The molecule has 0 aliphatic heterocycles. The second-order valence-electron chi connectivity index (χ2n) is 3.48. The molecular weight excluding hydrogens is 208 g/mol. The van der Waals surface area contributed by atoms with Crippen LogP contribution in [0.15, 0.2) is 17.8 Å². The first-order valence-electron chi connectivity index (χ1n) is 5.17. The van der Waals surface area contributed by atoms with Crippen LogP contribution < -0.4 is 5.73 Å². The van der Waals surface area contributed by atoms with Crippen LogP contribution in [0.1, 0.15) is 12.6 Å². The van der Waals surface area contributed by atoms with Crippen LogP contribution >= 0.6 is 11.3 Å². The first-order valence-corrected chi connectivity index (χ1v) is 6.05. The number of thiazole rings is 1. The smallest absolute Gasteiger partial charge is 0.193 e. The van der Waals surface area contributed by atoms with Gasteiger partial charge < -0.3 is 5.73 Å². The van der Waals surface area contributed by atoms with Crippen LogP contribution in [0.5, 0.6) is 0 Å². The predicted molar refractivity (Wildman–Crippen MR) is 63.1 cm³/mol. The van der Waals surface area contributed by atoms with Crippen LogP contribution in [0.2, 0.25) is 0 Å². The van der Waals surface area contributed by atoms with Crippen molar-refractivity contribution in [1.82, 2.24) is 14.3 Å². The molecule has 0 unspecified atom stereocenters. The van der Waals surface area contributed by atoms with E-state index >= 15 is 0 Å². The van der Waals surface area contributed by atoms with Crippen molar-refractivity contribution in [2.24, 2.45) is 5.73 Å². The normalized spacial score (nSPS) is 11.7. The maximum atomic E-state index is 5.55. The van der Waals surface area contributed by atoms with Gasteiger partial charge in [0.15, 0.2) is 4.96 Å². The first kappa shape index (κ1) is 10.6. The lowest BCUT2D eigenvalue weighted by atomic mass is 10.4. The van der Waals surface area contributed by atoms with Crippen molar-refractivity contribution in [3.05, 3.63) is 23.5 Å². The van der Waals surface area contributed by atoms with Crippen LogP contribution in [0.4, 0.5) is 0 Å². The van der Waals surface area contributed by atoms with Crippen molar-refractivity contribution in [3.8, 4) is 0 Å². The lowest BCUT2D eigenvalue weighted by molar-refractivity contribution is 0.285. The number of hydrogen-bond acceptors (Lipinski definition) is 4. The molecule has 2 heterocycles. The molecular formula is C10H16N4S. The van der Waals surface area contributed by atoms with E-state index in [1.165, 1.54) is 0 Å². The minimum absolute atomic E-state index is 0.704. The van der Waals surface area contributed by atoms with Crippen molar-refractivity contribution in [1.29, 1.82) is 0 Å². The van der Waals surface area contributed by atoms with Gasteiger partial charge in [0.05, 0.1) is 5.69 Å². The first-order chi connectivity index (χ1) is 7.33. The lowest BCUT2D eigenvalue weighted by Crippen LogP contribution is -2.28. The Labute approximate surface area is 93.3 Å². The number of hydrogen-bond donors (Lipinski definition) is 1. The molecule has 0 saturated heterocycles. The zero-order valence-electron chi connectivity index (χ0n) is 8.89. The molecule has 15 heavy (non-hydrogen) atoms. The Morgan fingerprint density at radius 1 is 1.60 bits per heavy atom. The summed E-state index contributed by atoms with van der Waals surface area (Å²) in [5, 5.41) is 2.05. The number of nitrogens with zero attached hydrogens (tertiary/aromatic N) is 3. The molecule has 0 atom stereocenters. The lowest BCUT2D eigenvalue weighted by Gasteiger charge is -2.17. The SMILES string of the molecule is CCN(CCN)Cc1cn2ccsc2n1. The van der Waals surface area contributed by atoms with Gasteiger partial charge in [-0.25, -0.2) is 4.98 Å². The summed E-state index contributed by atoms with van der Waals surface area (Å²) in [6.45, 7) is 5.69. The number of likely N-dealkylation sites (N-methyl/N-ethyl adjacent to an activating group) is 1. The van der Waals surface area contributed by atoms with Crippen LogP contribution in [0, 0.1) is 0 Å². The number of nitrogens with two attached hydrogens (primary N) is 1. The Morgan fingerprint density at radius 3 is 3.13 bits per heavy atom. The van der Waals surface area contributed by atoms with Gasteiger partial charge in [0.25, 0.3) is 0 Å². The minimum atomic E-state index is 0.704. The maximum Gasteiger partial charge on any atom is 0.193 e. The fourth-order valence-electron chi connectivity index (χ4n) is 1.61. The van der Waals surface area contributed by atoms with Gasteiger partial charge in [0.1, 0.15) is 0 Å². The van der Waals surface area contributed by atoms with Crippen molar-refractivity contribution in [2.75, 3.05) is 19.6 Å². The van der Waals surface area contributed by atoms with Crippen LogP contribution in [0.25, 0.3) is 4.96 Å². The Kier molecular flexibility index (Phi) is 3.35. The number of imidazole rings is 1. The quantitative estimate of drug-likeness (QED) is 0.829. The number of fused-ring (bicyclic) bond motifs is 1. The standard InChI is InChI=1S/C10H16N4S/c1-2-13(4-3-11)7-9-8-14-5-6-15-10(14)12-9/h5-6,8H,2-4,7,11H2,1H3. The summed E-state index contributed by atoms with van der Waals surface area (Å²) >= 11 is 1.66.